The number of halogens is 1. The molecule has 28 heavy (non-hydrogen) atoms. The van der Waals surface area contributed by atoms with Gasteiger partial charge in [0.15, 0.2) is 11.5 Å². The van der Waals surface area contributed by atoms with E-state index in [4.69, 9.17) is 18.9 Å². The highest BCUT2D eigenvalue weighted by atomic mass is 19.1. The number of hydrogen-bond acceptors (Lipinski definition) is 6. The Balaban J connectivity index is 1.89. The fourth-order valence-corrected chi connectivity index (χ4v) is 2.16. The molecule has 1 N–H and O–H groups in total. The molecule has 0 fully saturated rings. The van der Waals surface area contributed by atoms with Crippen molar-refractivity contribution in [2.75, 3.05) is 26.4 Å². The molecule has 0 aromatic heterocycles. The molecule has 0 saturated heterocycles. The molecule has 1 amide bonds. The number of rotatable bonds is 10. The molecule has 2 aromatic rings. The van der Waals surface area contributed by atoms with Gasteiger partial charge in [-0.2, -0.15) is 5.10 Å². The van der Waals surface area contributed by atoms with E-state index in [1.165, 1.54) is 18.3 Å². The first-order valence-corrected chi connectivity index (χ1v) is 8.86. The van der Waals surface area contributed by atoms with Gasteiger partial charge in [0.25, 0.3) is 0 Å². The van der Waals surface area contributed by atoms with Gasteiger partial charge in [0.2, 0.25) is 0 Å². The van der Waals surface area contributed by atoms with Crippen LogP contribution in [-0.2, 0) is 4.74 Å². The molecule has 150 valence electrons. The Kier molecular flexibility index (Phi) is 8.58. The molecule has 0 unspecified atom stereocenters. The quantitative estimate of drug-likeness (QED) is 0.380. The van der Waals surface area contributed by atoms with E-state index in [1.54, 1.807) is 37.3 Å². The minimum atomic E-state index is -0.620. The van der Waals surface area contributed by atoms with E-state index in [-0.39, 0.29) is 19.0 Å². The summed E-state index contributed by atoms with van der Waals surface area (Å²) >= 11 is 0. The molecular weight excluding hydrogens is 367 g/mol. The van der Waals surface area contributed by atoms with Gasteiger partial charge in [0.05, 0.1) is 19.4 Å². The normalized spacial score (nSPS) is 10.5. The maximum Gasteiger partial charge on any atom is 0.427 e. The summed E-state index contributed by atoms with van der Waals surface area (Å²) in [5.74, 6) is 1.35. The van der Waals surface area contributed by atoms with Crippen molar-refractivity contribution in [1.82, 2.24) is 5.43 Å². The summed E-state index contributed by atoms with van der Waals surface area (Å²) in [6, 6.07) is 11.0. The van der Waals surface area contributed by atoms with Crippen LogP contribution in [0.15, 0.2) is 47.6 Å². The van der Waals surface area contributed by atoms with Crippen LogP contribution >= 0.6 is 0 Å². The Hall–Kier alpha value is -3.29. The second-order valence-electron chi connectivity index (χ2n) is 5.38. The summed E-state index contributed by atoms with van der Waals surface area (Å²) in [5, 5.41) is 3.81. The monoisotopic (exact) mass is 390 g/mol. The van der Waals surface area contributed by atoms with Gasteiger partial charge in [0.1, 0.15) is 24.8 Å². The van der Waals surface area contributed by atoms with Crippen LogP contribution in [0.4, 0.5) is 9.18 Å². The Morgan fingerprint density at radius 1 is 1.00 bits per heavy atom. The van der Waals surface area contributed by atoms with Gasteiger partial charge >= 0.3 is 6.09 Å². The number of hydrogen-bond donors (Lipinski definition) is 1. The topological polar surface area (TPSA) is 78.4 Å². The maximum absolute atomic E-state index is 12.9. The van der Waals surface area contributed by atoms with Gasteiger partial charge in [-0.15, -0.1) is 0 Å². The van der Waals surface area contributed by atoms with Gasteiger partial charge in [-0.3, -0.25) is 0 Å². The number of ether oxygens (including phenoxy) is 4. The molecule has 0 atom stereocenters. The SMILES string of the molecule is CCOC(=O)N/N=C/c1ccc(OCCOc2ccc(F)cc2)c(OCC)c1. The number of amides is 1. The van der Waals surface area contributed by atoms with Crippen molar-refractivity contribution >= 4 is 12.3 Å². The van der Waals surface area contributed by atoms with Crippen LogP contribution in [0.1, 0.15) is 19.4 Å². The highest BCUT2D eigenvalue weighted by molar-refractivity contribution is 5.82. The third-order valence-electron chi connectivity index (χ3n) is 3.34. The second kappa shape index (κ2) is 11.4. The lowest BCUT2D eigenvalue weighted by atomic mass is 10.2. The summed E-state index contributed by atoms with van der Waals surface area (Å²) in [6.07, 6.45) is 0.853. The average Bonchev–Trinajstić information content (AvgIpc) is 2.68. The molecule has 0 aliphatic carbocycles. The first kappa shape index (κ1) is 21.0. The van der Waals surface area contributed by atoms with Crippen molar-refractivity contribution in [1.29, 1.82) is 0 Å². The van der Waals surface area contributed by atoms with E-state index < -0.39 is 6.09 Å². The van der Waals surface area contributed by atoms with Crippen LogP contribution in [-0.4, -0.2) is 38.7 Å². The smallest absolute Gasteiger partial charge is 0.427 e. The fourth-order valence-electron chi connectivity index (χ4n) is 2.16. The molecule has 0 radical (unpaired) electrons. The molecule has 0 aliphatic rings. The third kappa shape index (κ3) is 7.14. The van der Waals surface area contributed by atoms with E-state index in [0.29, 0.717) is 30.5 Å². The van der Waals surface area contributed by atoms with Gasteiger partial charge in [-0.05, 0) is 61.9 Å². The Morgan fingerprint density at radius 3 is 2.46 bits per heavy atom. The second-order valence-corrected chi connectivity index (χ2v) is 5.38. The fraction of sp³-hybridized carbons (Fsp3) is 0.300. The van der Waals surface area contributed by atoms with Crippen LogP contribution in [0.25, 0.3) is 0 Å². The number of carbonyl (C=O) groups is 1. The highest BCUT2D eigenvalue weighted by Crippen LogP contribution is 2.28. The first-order valence-electron chi connectivity index (χ1n) is 8.86. The summed E-state index contributed by atoms with van der Waals surface area (Å²) in [7, 11) is 0. The van der Waals surface area contributed by atoms with Crippen molar-refractivity contribution in [3.05, 3.63) is 53.8 Å². The molecule has 0 saturated carbocycles. The molecule has 2 rings (SSSR count). The number of benzene rings is 2. The minimum absolute atomic E-state index is 0.271. The predicted octanol–water partition coefficient (Wildman–Crippen LogP) is 3.76. The highest BCUT2D eigenvalue weighted by Gasteiger charge is 2.06. The Morgan fingerprint density at radius 2 is 1.75 bits per heavy atom. The Labute approximate surface area is 163 Å². The third-order valence-corrected chi connectivity index (χ3v) is 3.34. The molecule has 0 heterocycles. The lowest BCUT2D eigenvalue weighted by Gasteiger charge is -2.13. The molecule has 0 bridgehead atoms. The summed E-state index contributed by atoms with van der Waals surface area (Å²) < 4.78 is 34.4. The van der Waals surface area contributed by atoms with Crippen LogP contribution in [0.2, 0.25) is 0 Å². The summed E-state index contributed by atoms with van der Waals surface area (Å²) in [5.41, 5.74) is 2.97. The molecule has 7 nitrogen and oxygen atoms in total. The van der Waals surface area contributed by atoms with Crippen LogP contribution < -0.4 is 19.6 Å². The van der Waals surface area contributed by atoms with Crippen LogP contribution in [0.3, 0.4) is 0 Å². The van der Waals surface area contributed by atoms with E-state index in [9.17, 15) is 9.18 Å². The number of nitrogens with zero attached hydrogens (tertiary/aromatic N) is 1. The summed E-state index contributed by atoms with van der Waals surface area (Å²) in [6.45, 7) is 4.89. The largest absolute Gasteiger partial charge is 0.490 e. The molecule has 2 aromatic carbocycles. The molecule has 8 heteroatoms. The van der Waals surface area contributed by atoms with Gasteiger partial charge < -0.3 is 18.9 Å². The lowest BCUT2D eigenvalue weighted by Crippen LogP contribution is -2.18. The zero-order valence-electron chi connectivity index (χ0n) is 15.8. The van der Waals surface area contributed by atoms with Gasteiger partial charge in [0, 0.05) is 0 Å². The van der Waals surface area contributed by atoms with E-state index in [1.807, 2.05) is 6.92 Å². The van der Waals surface area contributed by atoms with E-state index in [2.05, 4.69) is 10.5 Å². The minimum Gasteiger partial charge on any atom is -0.490 e. The number of carbonyl (C=O) groups excluding carboxylic acids is 1. The predicted molar refractivity (Wildman–Crippen MR) is 103 cm³/mol. The van der Waals surface area contributed by atoms with E-state index >= 15 is 0 Å². The van der Waals surface area contributed by atoms with Crippen molar-refractivity contribution < 1.29 is 28.1 Å². The van der Waals surface area contributed by atoms with Crippen LogP contribution in [0, 0.1) is 5.82 Å². The van der Waals surface area contributed by atoms with Crippen molar-refractivity contribution in [2.45, 2.75) is 13.8 Å². The number of hydrazone groups is 1. The zero-order chi connectivity index (χ0) is 20.2. The van der Waals surface area contributed by atoms with Crippen molar-refractivity contribution in [3.63, 3.8) is 0 Å². The van der Waals surface area contributed by atoms with Gasteiger partial charge in [-0.1, -0.05) is 0 Å². The van der Waals surface area contributed by atoms with Crippen LogP contribution in [0.5, 0.6) is 17.2 Å². The zero-order valence-corrected chi connectivity index (χ0v) is 15.8. The molecular formula is C20H23FN2O5. The lowest BCUT2D eigenvalue weighted by molar-refractivity contribution is 0.152. The maximum atomic E-state index is 12.9. The molecule has 0 aliphatic heterocycles. The Bertz CT molecular complexity index is 781. The first-order chi connectivity index (χ1) is 13.6. The van der Waals surface area contributed by atoms with Crippen molar-refractivity contribution in [3.8, 4) is 17.2 Å². The number of nitrogens with one attached hydrogen (secondary N) is 1. The molecule has 0 spiro atoms. The van der Waals surface area contributed by atoms with E-state index in [0.717, 1.165) is 5.56 Å². The average molecular weight is 390 g/mol. The van der Waals surface area contributed by atoms with Gasteiger partial charge in [-0.25, -0.2) is 14.6 Å². The van der Waals surface area contributed by atoms with Crippen molar-refractivity contribution in [2.24, 2.45) is 5.10 Å². The summed E-state index contributed by atoms with van der Waals surface area (Å²) in [4.78, 5) is 11.2. The standard InChI is InChI=1S/C20H23FN2O5/c1-3-25-19-13-15(14-22-23-20(24)26-4-2)5-10-18(19)28-12-11-27-17-8-6-16(21)7-9-17/h5-10,13-14H,3-4,11-12H2,1-2H3,(H,23,24)/b22-14+.